The van der Waals surface area contributed by atoms with Gasteiger partial charge in [-0.15, -0.1) is 0 Å². The van der Waals surface area contributed by atoms with Gasteiger partial charge in [0.05, 0.1) is 11.6 Å². The average molecular weight is 335 g/mol. The number of methoxy groups -OCH3 is 1. The number of anilines is 1. The summed E-state index contributed by atoms with van der Waals surface area (Å²) in [5.74, 6) is 0.366. The van der Waals surface area contributed by atoms with Crippen molar-refractivity contribution in [2.75, 3.05) is 12.4 Å². The summed E-state index contributed by atoms with van der Waals surface area (Å²) < 4.78 is 6.06. The van der Waals surface area contributed by atoms with E-state index in [0.29, 0.717) is 12.1 Å². The maximum absolute atomic E-state index is 11.1. The van der Waals surface area contributed by atoms with Crippen molar-refractivity contribution in [1.82, 2.24) is 0 Å². The lowest BCUT2D eigenvalue weighted by atomic mass is 10.1. The van der Waals surface area contributed by atoms with Crippen LogP contribution in [-0.2, 0) is 6.54 Å². The number of amides is 1. The fraction of sp³-hybridized carbons (Fsp3) is 0.133. The van der Waals surface area contributed by atoms with Gasteiger partial charge in [-0.25, -0.2) is 0 Å². The molecule has 0 unspecified atom stereocenters. The summed E-state index contributed by atoms with van der Waals surface area (Å²) in [6.07, 6.45) is 0. The van der Waals surface area contributed by atoms with Gasteiger partial charge in [0.1, 0.15) is 5.75 Å². The Morgan fingerprint density at radius 1 is 1.30 bits per heavy atom. The third kappa shape index (κ3) is 3.51. The van der Waals surface area contributed by atoms with Gasteiger partial charge < -0.3 is 15.8 Å². The molecule has 0 atom stereocenters. The number of primary amides is 1. The van der Waals surface area contributed by atoms with Gasteiger partial charge in [0.15, 0.2) is 0 Å². The predicted octanol–water partition coefficient (Wildman–Crippen LogP) is 3.17. The minimum Gasteiger partial charge on any atom is -0.496 e. The Morgan fingerprint density at radius 3 is 2.75 bits per heavy atom. The second-order valence-electron chi connectivity index (χ2n) is 4.27. The first-order valence-electron chi connectivity index (χ1n) is 6.06. The maximum atomic E-state index is 11.1. The number of carbonyl (C=O) groups excluding carboxylic acids is 1. The van der Waals surface area contributed by atoms with Crippen LogP contribution in [0.4, 0.5) is 5.69 Å². The van der Waals surface area contributed by atoms with Crippen molar-refractivity contribution in [2.45, 2.75) is 6.54 Å². The lowest BCUT2D eigenvalue weighted by Gasteiger charge is -2.09. The number of ether oxygens (including phenoxy) is 1. The topological polar surface area (TPSA) is 64.3 Å². The molecule has 0 heterocycles. The number of hydrogen-bond acceptors (Lipinski definition) is 3. The van der Waals surface area contributed by atoms with Crippen LogP contribution in [-0.4, -0.2) is 13.0 Å². The summed E-state index contributed by atoms with van der Waals surface area (Å²) in [5, 5.41) is 3.28. The zero-order valence-electron chi connectivity index (χ0n) is 11.0. The molecular formula is C15H15BrN2O2. The van der Waals surface area contributed by atoms with Gasteiger partial charge in [-0.05, 0) is 51.8 Å². The molecule has 0 bridgehead atoms. The molecule has 0 radical (unpaired) electrons. The number of hydrogen-bond donors (Lipinski definition) is 2. The molecule has 0 spiro atoms. The lowest BCUT2D eigenvalue weighted by Crippen LogP contribution is -2.11. The Kier molecular flexibility index (Phi) is 4.63. The maximum Gasteiger partial charge on any atom is 0.248 e. The van der Waals surface area contributed by atoms with Crippen LogP contribution in [0.5, 0.6) is 5.75 Å². The van der Waals surface area contributed by atoms with E-state index in [1.54, 1.807) is 19.2 Å². The van der Waals surface area contributed by atoms with Crippen molar-refractivity contribution in [3.63, 3.8) is 0 Å². The number of nitrogens with two attached hydrogens (primary N) is 1. The van der Waals surface area contributed by atoms with Crippen LogP contribution in [0.3, 0.4) is 0 Å². The first kappa shape index (κ1) is 14.4. The fourth-order valence-corrected chi connectivity index (χ4v) is 2.36. The molecule has 4 nitrogen and oxygen atoms in total. The first-order valence-corrected chi connectivity index (χ1v) is 6.85. The Hall–Kier alpha value is -2.01. The van der Waals surface area contributed by atoms with E-state index >= 15 is 0 Å². The minimum absolute atomic E-state index is 0.418. The molecule has 0 aromatic heterocycles. The monoisotopic (exact) mass is 334 g/mol. The standard InChI is InChI=1S/C15H15BrN2O2/c1-20-14-6-5-12(8-13(14)16)18-9-10-3-2-4-11(7-10)15(17)19/h2-8,18H,9H2,1H3,(H2,17,19). The van der Waals surface area contributed by atoms with Crippen molar-refractivity contribution >= 4 is 27.5 Å². The molecule has 0 saturated carbocycles. The molecule has 0 fully saturated rings. The van der Waals surface area contributed by atoms with E-state index in [0.717, 1.165) is 21.5 Å². The van der Waals surface area contributed by atoms with Crippen LogP contribution < -0.4 is 15.8 Å². The van der Waals surface area contributed by atoms with Crippen LogP contribution in [0.15, 0.2) is 46.9 Å². The average Bonchev–Trinajstić information content (AvgIpc) is 2.45. The molecule has 3 N–H and O–H groups in total. The summed E-state index contributed by atoms with van der Waals surface area (Å²) in [6, 6.07) is 13.0. The second-order valence-corrected chi connectivity index (χ2v) is 5.12. The van der Waals surface area contributed by atoms with Gasteiger partial charge in [0, 0.05) is 17.8 Å². The third-order valence-electron chi connectivity index (χ3n) is 2.86. The highest BCUT2D eigenvalue weighted by Gasteiger charge is 2.03. The Morgan fingerprint density at radius 2 is 2.10 bits per heavy atom. The third-order valence-corrected chi connectivity index (χ3v) is 3.48. The Bertz CT molecular complexity index is 629. The van der Waals surface area contributed by atoms with E-state index in [1.165, 1.54) is 0 Å². The lowest BCUT2D eigenvalue weighted by molar-refractivity contribution is 0.1000. The zero-order chi connectivity index (χ0) is 14.5. The SMILES string of the molecule is COc1ccc(NCc2cccc(C(N)=O)c2)cc1Br. The van der Waals surface area contributed by atoms with Crippen LogP contribution in [0, 0.1) is 0 Å². The van der Waals surface area contributed by atoms with E-state index in [-0.39, 0.29) is 0 Å². The van der Waals surface area contributed by atoms with E-state index in [4.69, 9.17) is 10.5 Å². The van der Waals surface area contributed by atoms with Gasteiger partial charge in [-0.1, -0.05) is 12.1 Å². The van der Waals surface area contributed by atoms with Crippen molar-refractivity contribution in [2.24, 2.45) is 5.73 Å². The van der Waals surface area contributed by atoms with E-state index < -0.39 is 5.91 Å². The molecule has 0 saturated heterocycles. The minimum atomic E-state index is -0.418. The first-order chi connectivity index (χ1) is 9.60. The molecule has 0 aliphatic rings. The van der Waals surface area contributed by atoms with Crippen LogP contribution in [0.2, 0.25) is 0 Å². The second kappa shape index (κ2) is 6.43. The fourth-order valence-electron chi connectivity index (χ4n) is 1.82. The van der Waals surface area contributed by atoms with Gasteiger partial charge in [-0.3, -0.25) is 4.79 Å². The molecule has 5 heteroatoms. The highest BCUT2D eigenvalue weighted by atomic mass is 79.9. The highest BCUT2D eigenvalue weighted by molar-refractivity contribution is 9.10. The Balaban J connectivity index is 2.07. The van der Waals surface area contributed by atoms with E-state index in [1.807, 2.05) is 30.3 Å². The van der Waals surface area contributed by atoms with E-state index in [9.17, 15) is 4.79 Å². The molecule has 20 heavy (non-hydrogen) atoms. The quantitative estimate of drug-likeness (QED) is 0.882. The van der Waals surface area contributed by atoms with Crippen molar-refractivity contribution in [1.29, 1.82) is 0 Å². The number of nitrogens with one attached hydrogen (secondary N) is 1. The highest BCUT2D eigenvalue weighted by Crippen LogP contribution is 2.27. The molecule has 2 rings (SSSR count). The molecule has 2 aromatic carbocycles. The molecule has 104 valence electrons. The summed E-state index contributed by atoms with van der Waals surface area (Å²) in [7, 11) is 1.63. The number of halogens is 1. The van der Waals surface area contributed by atoms with Crippen LogP contribution >= 0.6 is 15.9 Å². The zero-order valence-corrected chi connectivity index (χ0v) is 12.6. The number of carbonyl (C=O) groups is 1. The summed E-state index contributed by atoms with van der Waals surface area (Å²) in [6.45, 7) is 0.611. The van der Waals surface area contributed by atoms with Gasteiger partial charge in [0.2, 0.25) is 5.91 Å². The van der Waals surface area contributed by atoms with Gasteiger partial charge in [-0.2, -0.15) is 0 Å². The Labute approximate surface area is 126 Å². The van der Waals surface area contributed by atoms with Crippen molar-refractivity contribution in [3.05, 3.63) is 58.1 Å². The molecule has 0 aliphatic carbocycles. The molecule has 2 aromatic rings. The summed E-state index contributed by atoms with van der Waals surface area (Å²) in [4.78, 5) is 11.1. The van der Waals surface area contributed by atoms with Crippen molar-refractivity contribution < 1.29 is 9.53 Å². The smallest absolute Gasteiger partial charge is 0.248 e. The van der Waals surface area contributed by atoms with Crippen LogP contribution in [0.1, 0.15) is 15.9 Å². The normalized spacial score (nSPS) is 10.1. The van der Waals surface area contributed by atoms with Crippen molar-refractivity contribution in [3.8, 4) is 5.75 Å². The predicted molar refractivity (Wildman–Crippen MR) is 83.0 cm³/mol. The summed E-state index contributed by atoms with van der Waals surface area (Å²) >= 11 is 3.44. The molecule has 0 aliphatic heterocycles. The summed E-state index contributed by atoms with van der Waals surface area (Å²) in [5.41, 5.74) is 7.73. The van der Waals surface area contributed by atoms with Gasteiger partial charge >= 0.3 is 0 Å². The number of benzene rings is 2. The largest absolute Gasteiger partial charge is 0.496 e. The van der Waals surface area contributed by atoms with Crippen LogP contribution in [0.25, 0.3) is 0 Å². The molecular weight excluding hydrogens is 320 g/mol. The van der Waals surface area contributed by atoms with Gasteiger partial charge in [0.25, 0.3) is 0 Å². The van der Waals surface area contributed by atoms with E-state index in [2.05, 4.69) is 21.2 Å². The number of rotatable bonds is 5. The molecule has 1 amide bonds.